The van der Waals surface area contributed by atoms with E-state index < -0.39 is 0 Å². The molecule has 2 heterocycles. The molecular weight excluding hydrogens is 176 g/mol. The van der Waals surface area contributed by atoms with Crippen LogP contribution >= 0.6 is 0 Å². The van der Waals surface area contributed by atoms with E-state index in [0.717, 1.165) is 11.3 Å². The molecule has 0 bridgehead atoms. The number of nitrogens with zero attached hydrogens (tertiary/aromatic N) is 3. The maximum atomic E-state index is 5.98. The molecule has 0 amide bonds. The monoisotopic (exact) mass is 190 g/mol. The van der Waals surface area contributed by atoms with Gasteiger partial charge in [-0.3, -0.25) is 0 Å². The molecule has 2 rings (SSSR count). The quantitative estimate of drug-likeness (QED) is 0.686. The first kappa shape index (κ1) is 8.99. The first-order valence-corrected chi connectivity index (χ1v) is 4.59. The molecule has 4 heteroatoms. The van der Waals surface area contributed by atoms with Crippen LogP contribution in [0.15, 0.2) is 18.5 Å². The van der Waals surface area contributed by atoms with Crippen molar-refractivity contribution in [3.05, 3.63) is 24.2 Å². The molecule has 0 saturated heterocycles. The van der Waals surface area contributed by atoms with Gasteiger partial charge in [0, 0.05) is 17.8 Å². The summed E-state index contributed by atoms with van der Waals surface area (Å²) in [6.45, 7) is 6.27. The number of fused-ring (bicyclic) bond motifs is 1. The SMILES string of the molecule is CC(C)(C)c1nn2cccnc2c1N. The first-order valence-electron chi connectivity index (χ1n) is 4.59. The number of rotatable bonds is 0. The van der Waals surface area contributed by atoms with Gasteiger partial charge in [0.25, 0.3) is 0 Å². The highest BCUT2D eigenvalue weighted by molar-refractivity contribution is 5.68. The van der Waals surface area contributed by atoms with Crippen LogP contribution < -0.4 is 5.73 Å². The molecule has 2 aromatic rings. The molecule has 0 aliphatic heterocycles. The normalized spacial score (nSPS) is 12.2. The molecule has 0 aromatic carbocycles. The zero-order chi connectivity index (χ0) is 10.3. The number of aromatic nitrogens is 3. The van der Waals surface area contributed by atoms with E-state index in [2.05, 4.69) is 30.9 Å². The van der Waals surface area contributed by atoms with E-state index in [9.17, 15) is 0 Å². The Bertz CT molecular complexity index is 464. The van der Waals surface area contributed by atoms with Gasteiger partial charge in [-0.2, -0.15) is 5.10 Å². The van der Waals surface area contributed by atoms with Crippen molar-refractivity contribution in [1.29, 1.82) is 0 Å². The van der Waals surface area contributed by atoms with Crippen molar-refractivity contribution in [1.82, 2.24) is 14.6 Å². The molecule has 2 aromatic heterocycles. The summed E-state index contributed by atoms with van der Waals surface area (Å²) in [4.78, 5) is 4.19. The summed E-state index contributed by atoms with van der Waals surface area (Å²) in [6, 6.07) is 1.84. The van der Waals surface area contributed by atoms with Gasteiger partial charge in [0.15, 0.2) is 5.65 Å². The van der Waals surface area contributed by atoms with Gasteiger partial charge in [0.2, 0.25) is 0 Å². The third kappa shape index (κ3) is 1.23. The number of nitrogens with two attached hydrogens (primary N) is 1. The van der Waals surface area contributed by atoms with Gasteiger partial charge in [-0.25, -0.2) is 9.50 Å². The van der Waals surface area contributed by atoms with Crippen LogP contribution in [0.3, 0.4) is 0 Å². The summed E-state index contributed by atoms with van der Waals surface area (Å²) in [5, 5.41) is 4.41. The predicted molar refractivity (Wildman–Crippen MR) is 56.1 cm³/mol. The van der Waals surface area contributed by atoms with Gasteiger partial charge in [-0.05, 0) is 6.07 Å². The van der Waals surface area contributed by atoms with Crippen LogP contribution in [0.25, 0.3) is 5.65 Å². The van der Waals surface area contributed by atoms with E-state index in [1.807, 2.05) is 12.3 Å². The standard InChI is InChI=1S/C10H14N4/c1-10(2,3)8-7(11)9-12-5-4-6-14(9)13-8/h4-6H,11H2,1-3H3. The van der Waals surface area contributed by atoms with Gasteiger partial charge in [-0.15, -0.1) is 0 Å². The van der Waals surface area contributed by atoms with E-state index in [4.69, 9.17) is 5.73 Å². The van der Waals surface area contributed by atoms with Crippen molar-refractivity contribution < 1.29 is 0 Å². The number of anilines is 1. The second-order valence-corrected chi connectivity index (χ2v) is 4.40. The van der Waals surface area contributed by atoms with Crippen molar-refractivity contribution >= 4 is 11.3 Å². The van der Waals surface area contributed by atoms with Gasteiger partial charge >= 0.3 is 0 Å². The molecule has 14 heavy (non-hydrogen) atoms. The zero-order valence-electron chi connectivity index (χ0n) is 8.65. The topological polar surface area (TPSA) is 56.2 Å². The van der Waals surface area contributed by atoms with Crippen LogP contribution in [0.4, 0.5) is 5.69 Å². The van der Waals surface area contributed by atoms with Crippen LogP contribution in [-0.2, 0) is 5.41 Å². The third-order valence-corrected chi connectivity index (χ3v) is 2.14. The van der Waals surface area contributed by atoms with Gasteiger partial charge in [-0.1, -0.05) is 20.8 Å². The highest BCUT2D eigenvalue weighted by Gasteiger charge is 2.22. The van der Waals surface area contributed by atoms with Crippen molar-refractivity contribution in [2.75, 3.05) is 5.73 Å². The Hall–Kier alpha value is -1.58. The largest absolute Gasteiger partial charge is 0.394 e. The maximum Gasteiger partial charge on any atom is 0.178 e. The molecule has 0 radical (unpaired) electrons. The fourth-order valence-electron chi connectivity index (χ4n) is 1.46. The molecule has 0 atom stereocenters. The molecule has 0 aliphatic rings. The van der Waals surface area contributed by atoms with Gasteiger partial charge in [0.05, 0.1) is 5.69 Å². The van der Waals surface area contributed by atoms with Crippen molar-refractivity contribution in [2.24, 2.45) is 0 Å². The molecule has 0 saturated carbocycles. The summed E-state index contributed by atoms with van der Waals surface area (Å²) < 4.78 is 1.72. The Kier molecular flexibility index (Phi) is 1.74. The molecule has 74 valence electrons. The summed E-state index contributed by atoms with van der Waals surface area (Å²) in [5.74, 6) is 0. The van der Waals surface area contributed by atoms with E-state index in [1.165, 1.54) is 0 Å². The van der Waals surface area contributed by atoms with E-state index in [0.29, 0.717) is 5.69 Å². The lowest BCUT2D eigenvalue weighted by atomic mass is 9.91. The zero-order valence-corrected chi connectivity index (χ0v) is 8.65. The lowest BCUT2D eigenvalue weighted by Gasteiger charge is -2.15. The lowest BCUT2D eigenvalue weighted by Crippen LogP contribution is -2.14. The van der Waals surface area contributed by atoms with Crippen LogP contribution in [0.5, 0.6) is 0 Å². The third-order valence-electron chi connectivity index (χ3n) is 2.14. The van der Waals surface area contributed by atoms with Crippen LogP contribution in [0.2, 0.25) is 0 Å². The smallest absolute Gasteiger partial charge is 0.178 e. The Morgan fingerprint density at radius 2 is 2.07 bits per heavy atom. The van der Waals surface area contributed by atoms with Crippen molar-refractivity contribution in [3.63, 3.8) is 0 Å². The Morgan fingerprint density at radius 1 is 1.36 bits per heavy atom. The van der Waals surface area contributed by atoms with Crippen LogP contribution in [-0.4, -0.2) is 14.6 Å². The molecule has 0 unspecified atom stereocenters. The number of hydrogen-bond donors (Lipinski definition) is 1. The van der Waals surface area contributed by atoms with Gasteiger partial charge < -0.3 is 5.73 Å². The number of hydrogen-bond acceptors (Lipinski definition) is 3. The summed E-state index contributed by atoms with van der Waals surface area (Å²) in [7, 11) is 0. The summed E-state index contributed by atoms with van der Waals surface area (Å²) in [6.07, 6.45) is 3.58. The minimum absolute atomic E-state index is 0.0439. The minimum atomic E-state index is -0.0439. The summed E-state index contributed by atoms with van der Waals surface area (Å²) in [5.41, 5.74) is 8.25. The van der Waals surface area contributed by atoms with Crippen LogP contribution in [0, 0.1) is 0 Å². The molecule has 0 fully saturated rings. The van der Waals surface area contributed by atoms with Crippen molar-refractivity contribution in [3.8, 4) is 0 Å². The minimum Gasteiger partial charge on any atom is -0.394 e. The average Bonchev–Trinajstić information content (AvgIpc) is 2.44. The van der Waals surface area contributed by atoms with Crippen LogP contribution in [0.1, 0.15) is 26.5 Å². The average molecular weight is 190 g/mol. The molecular formula is C10H14N4. The fraction of sp³-hybridized carbons (Fsp3) is 0.400. The Labute approximate surface area is 82.8 Å². The maximum absolute atomic E-state index is 5.98. The van der Waals surface area contributed by atoms with E-state index in [1.54, 1.807) is 10.7 Å². The molecule has 4 nitrogen and oxygen atoms in total. The molecule has 0 aliphatic carbocycles. The van der Waals surface area contributed by atoms with Crippen molar-refractivity contribution in [2.45, 2.75) is 26.2 Å². The highest BCUT2D eigenvalue weighted by Crippen LogP contribution is 2.28. The Morgan fingerprint density at radius 3 is 2.64 bits per heavy atom. The second kappa shape index (κ2) is 2.70. The Balaban J connectivity index is 2.75. The first-order chi connectivity index (χ1) is 6.50. The number of nitrogen functional groups attached to an aromatic ring is 1. The fourth-order valence-corrected chi connectivity index (χ4v) is 1.46. The molecule has 2 N–H and O–H groups in total. The highest BCUT2D eigenvalue weighted by atomic mass is 15.3. The lowest BCUT2D eigenvalue weighted by molar-refractivity contribution is 0.564. The van der Waals surface area contributed by atoms with E-state index in [-0.39, 0.29) is 5.41 Å². The molecule has 0 spiro atoms. The predicted octanol–water partition coefficient (Wildman–Crippen LogP) is 1.61. The van der Waals surface area contributed by atoms with E-state index >= 15 is 0 Å². The van der Waals surface area contributed by atoms with Gasteiger partial charge in [0.1, 0.15) is 5.69 Å². The summed E-state index contributed by atoms with van der Waals surface area (Å²) >= 11 is 0. The second-order valence-electron chi connectivity index (χ2n) is 4.40.